The van der Waals surface area contributed by atoms with Crippen molar-refractivity contribution in [1.29, 1.82) is 0 Å². The molecule has 0 aliphatic heterocycles. The molecule has 0 amide bonds. The van der Waals surface area contributed by atoms with Crippen LogP contribution in [0.1, 0.15) is 59.3 Å². The molecule has 0 aliphatic carbocycles. The maximum atomic E-state index is 4.91. The third kappa shape index (κ3) is 5.40. The summed E-state index contributed by atoms with van der Waals surface area (Å²) in [7, 11) is 1.95. The van der Waals surface area contributed by atoms with Crippen molar-refractivity contribution in [3.05, 3.63) is 48.8 Å². The Kier molecular flexibility index (Phi) is 8.67. The minimum atomic E-state index is -2.41. The number of rotatable bonds is 12. The average Bonchev–Trinajstić information content (AvgIpc) is 3.22. The number of pyridine rings is 1. The number of aromatic nitrogens is 2. The molecular formula is C26H39N3Sn. The van der Waals surface area contributed by atoms with Crippen molar-refractivity contribution in [3.8, 4) is 11.3 Å². The minimum absolute atomic E-state index is 1.06. The van der Waals surface area contributed by atoms with Crippen LogP contribution in [0.5, 0.6) is 0 Å². The fourth-order valence-corrected chi connectivity index (χ4v) is 20.5. The van der Waals surface area contributed by atoms with E-state index in [0.29, 0.717) is 0 Å². The summed E-state index contributed by atoms with van der Waals surface area (Å²) in [6, 6.07) is 13.3. The molecule has 0 spiro atoms. The van der Waals surface area contributed by atoms with Gasteiger partial charge >= 0.3 is 188 Å². The zero-order chi connectivity index (χ0) is 21.4. The van der Waals surface area contributed by atoms with Gasteiger partial charge in [-0.1, -0.05) is 0 Å². The molecule has 3 aromatic rings. The van der Waals surface area contributed by atoms with Crippen LogP contribution in [-0.4, -0.2) is 34.8 Å². The number of nitrogens with zero attached hydrogens (tertiary/aromatic N) is 2. The molecule has 0 saturated carbocycles. The van der Waals surface area contributed by atoms with Crippen molar-refractivity contribution in [2.24, 2.45) is 0 Å². The molecule has 3 rings (SSSR count). The van der Waals surface area contributed by atoms with Crippen LogP contribution in [0, 0.1) is 0 Å². The standard InChI is InChI=1S/C14H12N3.3C4H9.Sn/c1-15-12-7-5-11(6-8-12)13-10-17-9-3-2-4-14(17)16-13;3*1-3-4-2;/h2,4-10,15H,1H3;3*1,3-4H2,2H3;. The van der Waals surface area contributed by atoms with E-state index in [1.165, 1.54) is 57.4 Å². The molecule has 0 bridgehead atoms. The van der Waals surface area contributed by atoms with Crippen LogP contribution in [0.2, 0.25) is 13.3 Å². The molecule has 0 aliphatic rings. The fraction of sp³-hybridized carbons (Fsp3) is 0.500. The van der Waals surface area contributed by atoms with E-state index in [2.05, 4.69) is 79.3 Å². The van der Waals surface area contributed by atoms with Crippen LogP contribution in [-0.2, 0) is 0 Å². The summed E-state index contributed by atoms with van der Waals surface area (Å²) in [6.07, 6.45) is 12.8. The Morgan fingerprint density at radius 1 is 0.800 bits per heavy atom. The Balaban J connectivity index is 1.98. The SMILES string of the molecule is CCC[CH2][Sn]([CH2]CCC)([CH2]CCC)[c]1ccc2nc(-c3ccc(NC)cc3)cn2c1. The van der Waals surface area contributed by atoms with Crippen LogP contribution in [0.15, 0.2) is 48.8 Å². The molecule has 3 nitrogen and oxygen atoms in total. The van der Waals surface area contributed by atoms with Crippen molar-refractivity contribution >= 4 is 33.3 Å². The molecule has 0 atom stereocenters. The summed E-state index contributed by atoms with van der Waals surface area (Å²) in [4.78, 5) is 4.91. The van der Waals surface area contributed by atoms with Crippen molar-refractivity contribution in [3.63, 3.8) is 0 Å². The van der Waals surface area contributed by atoms with E-state index < -0.39 is 18.4 Å². The molecule has 2 heterocycles. The van der Waals surface area contributed by atoms with Gasteiger partial charge in [0.05, 0.1) is 0 Å². The predicted molar refractivity (Wildman–Crippen MR) is 135 cm³/mol. The van der Waals surface area contributed by atoms with Gasteiger partial charge in [0.1, 0.15) is 0 Å². The number of imidazole rings is 1. The molecule has 0 fully saturated rings. The summed E-state index contributed by atoms with van der Waals surface area (Å²) in [5, 5.41) is 3.19. The topological polar surface area (TPSA) is 29.3 Å². The van der Waals surface area contributed by atoms with Gasteiger partial charge in [0.15, 0.2) is 0 Å². The number of anilines is 1. The van der Waals surface area contributed by atoms with E-state index in [1.807, 2.05) is 7.05 Å². The molecule has 1 aromatic carbocycles. The number of hydrogen-bond donors (Lipinski definition) is 1. The molecule has 0 saturated heterocycles. The molecule has 0 unspecified atom stereocenters. The fourth-order valence-electron chi connectivity index (χ4n) is 4.61. The predicted octanol–water partition coefficient (Wildman–Crippen LogP) is 7.10. The molecule has 0 radical (unpaired) electrons. The quantitative estimate of drug-likeness (QED) is 0.263. The maximum absolute atomic E-state index is 4.91. The van der Waals surface area contributed by atoms with E-state index in [-0.39, 0.29) is 0 Å². The number of fused-ring (bicyclic) bond motifs is 1. The molecule has 4 heteroatoms. The van der Waals surface area contributed by atoms with E-state index in [9.17, 15) is 0 Å². The Bertz CT molecular complexity index is 892. The van der Waals surface area contributed by atoms with Crippen LogP contribution < -0.4 is 8.90 Å². The summed E-state index contributed by atoms with van der Waals surface area (Å²) in [5.41, 5.74) is 4.43. The van der Waals surface area contributed by atoms with Gasteiger partial charge in [-0.3, -0.25) is 0 Å². The van der Waals surface area contributed by atoms with Crippen molar-refractivity contribution < 1.29 is 0 Å². The third-order valence-electron chi connectivity index (χ3n) is 6.56. The number of nitrogens with one attached hydrogen (secondary N) is 1. The first kappa shape index (κ1) is 23.2. The molecule has 162 valence electrons. The second kappa shape index (κ2) is 11.2. The first-order valence-corrected chi connectivity index (χ1v) is 19.4. The van der Waals surface area contributed by atoms with E-state index >= 15 is 0 Å². The molecule has 1 N–H and O–H groups in total. The Morgan fingerprint density at radius 2 is 1.40 bits per heavy atom. The van der Waals surface area contributed by atoms with E-state index in [1.54, 1.807) is 3.58 Å². The Morgan fingerprint density at radius 3 is 1.93 bits per heavy atom. The molecular weight excluding hydrogens is 473 g/mol. The number of benzene rings is 1. The summed E-state index contributed by atoms with van der Waals surface area (Å²) >= 11 is -2.41. The van der Waals surface area contributed by atoms with Gasteiger partial charge in [-0.15, -0.1) is 0 Å². The Hall–Kier alpha value is -1.49. The van der Waals surface area contributed by atoms with E-state index in [4.69, 9.17) is 4.98 Å². The van der Waals surface area contributed by atoms with Crippen LogP contribution >= 0.6 is 0 Å². The second-order valence-corrected chi connectivity index (χ2v) is 22.0. The number of unbranched alkanes of at least 4 members (excludes halogenated alkanes) is 3. The molecule has 2 aromatic heterocycles. The van der Waals surface area contributed by atoms with Crippen molar-refractivity contribution in [2.75, 3.05) is 12.4 Å². The van der Waals surface area contributed by atoms with Gasteiger partial charge in [0.25, 0.3) is 0 Å². The summed E-state index contributed by atoms with van der Waals surface area (Å²) < 4.78 is 8.52. The Labute approximate surface area is 187 Å². The van der Waals surface area contributed by atoms with Crippen LogP contribution in [0.25, 0.3) is 16.9 Å². The van der Waals surface area contributed by atoms with Gasteiger partial charge in [0.2, 0.25) is 0 Å². The zero-order valence-electron chi connectivity index (χ0n) is 19.4. The van der Waals surface area contributed by atoms with E-state index in [0.717, 1.165) is 17.0 Å². The average molecular weight is 512 g/mol. The van der Waals surface area contributed by atoms with Crippen molar-refractivity contribution in [2.45, 2.75) is 72.6 Å². The van der Waals surface area contributed by atoms with Crippen molar-refractivity contribution in [1.82, 2.24) is 9.38 Å². The van der Waals surface area contributed by atoms with Gasteiger partial charge in [0, 0.05) is 0 Å². The van der Waals surface area contributed by atoms with Gasteiger partial charge in [-0.05, 0) is 0 Å². The number of hydrogen-bond acceptors (Lipinski definition) is 2. The first-order valence-electron chi connectivity index (χ1n) is 11.9. The third-order valence-corrected chi connectivity index (χ3v) is 22.1. The first-order chi connectivity index (χ1) is 14.7. The monoisotopic (exact) mass is 513 g/mol. The van der Waals surface area contributed by atoms with Crippen LogP contribution in [0.4, 0.5) is 5.69 Å². The normalized spacial score (nSPS) is 11.9. The summed E-state index contributed by atoms with van der Waals surface area (Å²) in [6.45, 7) is 7.04. The molecule has 30 heavy (non-hydrogen) atoms. The second-order valence-electron chi connectivity index (χ2n) is 8.73. The summed E-state index contributed by atoms with van der Waals surface area (Å²) in [5.74, 6) is 0. The van der Waals surface area contributed by atoms with Gasteiger partial charge in [-0.25, -0.2) is 0 Å². The van der Waals surface area contributed by atoms with Gasteiger partial charge < -0.3 is 0 Å². The van der Waals surface area contributed by atoms with Gasteiger partial charge in [-0.2, -0.15) is 0 Å². The zero-order valence-corrected chi connectivity index (χ0v) is 22.2. The van der Waals surface area contributed by atoms with Crippen LogP contribution in [0.3, 0.4) is 0 Å².